The van der Waals surface area contributed by atoms with E-state index >= 15 is 0 Å². The Morgan fingerprint density at radius 3 is 2.82 bits per heavy atom. The van der Waals surface area contributed by atoms with Crippen LogP contribution in [0, 0.1) is 5.92 Å². The Bertz CT molecular complexity index is 306. The summed E-state index contributed by atoms with van der Waals surface area (Å²) in [5.41, 5.74) is 7.58. The van der Waals surface area contributed by atoms with Crippen molar-refractivity contribution in [2.45, 2.75) is 38.1 Å². The Morgan fingerprint density at radius 1 is 1.29 bits per heavy atom. The van der Waals surface area contributed by atoms with Gasteiger partial charge in [-0.05, 0) is 43.6 Å². The Balaban J connectivity index is 1.61. The highest BCUT2D eigenvalue weighted by Crippen LogP contribution is 2.19. The molecule has 1 aliphatic heterocycles. The normalized spacial score (nSPS) is 21.6. The molecule has 0 radical (unpaired) electrons. The van der Waals surface area contributed by atoms with E-state index in [4.69, 9.17) is 10.5 Å². The van der Waals surface area contributed by atoms with Gasteiger partial charge in [-0.2, -0.15) is 0 Å². The Hall–Kier alpha value is -0.860. The molecule has 0 amide bonds. The fourth-order valence-electron chi connectivity index (χ4n) is 2.53. The van der Waals surface area contributed by atoms with E-state index in [1.807, 2.05) is 0 Å². The molecule has 0 bridgehead atoms. The summed E-state index contributed by atoms with van der Waals surface area (Å²) in [6.45, 7) is 1.85. The van der Waals surface area contributed by atoms with Gasteiger partial charge in [0.15, 0.2) is 0 Å². The van der Waals surface area contributed by atoms with Crippen molar-refractivity contribution in [2.75, 3.05) is 13.2 Å². The van der Waals surface area contributed by atoms with E-state index < -0.39 is 0 Å². The van der Waals surface area contributed by atoms with Gasteiger partial charge in [-0.3, -0.25) is 0 Å². The van der Waals surface area contributed by atoms with Crippen molar-refractivity contribution in [1.82, 2.24) is 0 Å². The van der Waals surface area contributed by atoms with Crippen molar-refractivity contribution in [3.63, 3.8) is 0 Å². The molecule has 2 atom stereocenters. The molecule has 0 saturated carbocycles. The van der Waals surface area contributed by atoms with Crippen LogP contribution in [0.5, 0.6) is 0 Å². The first-order chi connectivity index (χ1) is 8.34. The first-order valence-corrected chi connectivity index (χ1v) is 6.72. The van der Waals surface area contributed by atoms with Gasteiger partial charge in [-0.1, -0.05) is 30.3 Å². The van der Waals surface area contributed by atoms with Gasteiger partial charge in [0, 0.05) is 19.3 Å². The first kappa shape index (κ1) is 12.6. The van der Waals surface area contributed by atoms with E-state index in [0.717, 1.165) is 32.5 Å². The molecule has 2 nitrogen and oxygen atoms in total. The maximum atomic E-state index is 6.16. The van der Waals surface area contributed by atoms with Crippen LogP contribution in [0.1, 0.15) is 31.2 Å². The summed E-state index contributed by atoms with van der Waals surface area (Å²) >= 11 is 0. The van der Waals surface area contributed by atoms with E-state index in [1.165, 1.54) is 18.4 Å². The lowest BCUT2D eigenvalue weighted by atomic mass is 9.95. The molecule has 2 unspecified atom stereocenters. The summed E-state index contributed by atoms with van der Waals surface area (Å²) in [7, 11) is 0. The van der Waals surface area contributed by atoms with Crippen LogP contribution in [-0.2, 0) is 11.2 Å². The lowest BCUT2D eigenvalue weighted by Gasteiger charge is -2.15. The maximum absolute atomic E-state index is 6.16. The molecule has 0 aliphatic carbocycles. The van der Waals surface area contributed by atoms with Crippen LogP contribution in [0.15, 0.2) is 30.3 Å². The molecule has 2 N–H and O–H groups in total. The Labute approximate surface area is 104 Å². The fourth-order valence-corrected chi connectivity index (χ4v) is 2.53. The summed E-state index contributed by atoms with van der Waals surface area (Å²) in [4.78, 5) is 0. The number of nitrogens with two attached hydrogens (primary N) is 1. The van der Waals surface area contributed by atoms with Crippen LogP contribution in [0.25, 0.3) is 0 Å². The molecular weight excluding hydrogens is 210 g/mol. The van der Waals surface area contributed by atoms with Gasteiger partial charge in [0.25, 0.3) is 0 Å². The molecular formula is C15H23NO. The van der Waals surface area contributed by atoms with Crippen LogP contribution >= 0.6 is 0 Å². The van der Waals surface area contributed by atoms with Crippen molar-refractivity contribution in [3.05, 3.63) is 35.9 Å². The molecule has 2 heteroatoms. The van der Waals surface area contributed by atoms with E-state index in [0.29, 0.717) is 12.0 Å². The molecule has 1 heterocycles. The van der Waals surface area contributed by atoms with Crippen molar-refractivity contribution in [1.29, 1.82) is 0 Å². The summed E-state index contributed by atoms with van der Waals surface area (Å²) < 4.78 is 5.38. The van der Waals surface area contributed by atoms with Gasteiger partial charge < -0.3 is 10.5 Å². The van der Waals surface area contributed by atoms with E-state index in [-0.39, 0.29) is 0 Å². The van der Waals surface area contributed by atoms with Gasteiger partial charge in [-0.25, -0.2) is 0 Å². The van der Waals surface area contributed by atoms with Gasteiger partial charge in [0.2, 0.25) is 0 Å². The third kappa shape index (κ3) is 4.49. The number of aryl methyl sites for hydroxylation is 1. The van der Waals surface area contributed by atoms with E-state index in [2.05, 4.69) is 30.3 Å². The van der Waals surface area contributed by atoms with Gasteiger partial charge in [0.1, 0.15) is 0 Å². The molecule has 2 rings (SSSR count). The lowest BCUT2D eigenvalue weighted by molar-refractivity contribution is 0.182. The minimum Gasteiger partial charge on any atom is -0.381 e. The maximum Gasteiger partial charge on any atom is 0.0495 e. The summed E-state index contributed by atoms with van der Waals surface area (Å²) in [5.74, 6) is 0.710. The standard InChI is InChI=1S/C15H23NO/c16-15(11-14-9-10-17-12-14)8-4-7-13-5-2-1-3-6-13/h1-3,5-6,14-15H,4,7-12,16H2. The Kier molecular flexibility index (Phi) is 5.02. The second kappa shape index (κ2) is 6.77. The average Bonchev–Trinajstić information content (AvgIpc) is 2.83. The van der Waals surface area contributed by atoms with Crippen molar-refractivity contribution >= 4 is 0 Å². The molecule has 1 fully saturated rings. The number of benzene rings is 1. The molecule has 94 valence electrons. The van der Waals surface area contributed by atoms with Crippen LogP contribution in [0.2, 0.25) is 0 Å². The minimum atomic E-state index is 0.352. The van der Waals surface area contributed by atoms with Crippen LogP contribution in [0.3, 0.4) is 0 Å². The van der Waals surface area contributed by atoms with Gasteiger partial charge >= 0.3 is 0 Å². The van der Waals surface area contributed by atoms with Gasteiger partial charge in [0.05, 0.1) is 0 Å². The molecule has 0 spiro atoms. The first-order valence-electron chi connectivity index (χ1n) is 6.72. The van der Waals surface area contributed by atoms with Gasteiger partial charge in [-0.15, -0.1) is 0 Å². The molecule has 17 heavy (non-hydrogen) atoms. The summed E-state index contributed by atoms with van der Waals surface area (Å²) in [6.07, 6.45) is 5.81. The monoisotopic (exact) mass is 233 g/mol. The predicted octanol–water partition coefficient (Wildman–Crippen LogP) is 2.76. The van der Waals surface area contributed by atoms with Crippen molar-refractivity contribution < 1.29 is 4.74 Å². The Morgan fingerprint density at radius 2 is 2.12 bits per heavy atom. The fraction of sp³-hybridized carbons (Fsp3) is 0.600. The summed E-state index contributed by atoms with van der Waals surface area (Å²) in [6, 6.07) is 11.0. The molecule has 1 aromatic rings. The number of hydrogen-bond donors (Lipinski definition) is 1. The molecule has 1 aromatic carbocycles. The SMILES string of the molecule is NC(CCCc1ccccc1)CC1CCOC1. The highest BCUT2D eigenvalue weighted by Gasteiger charge is 2.18. The smallest absolute Gasteiger partial charge is 0.0495 e. The van der Waals surface area contributed by atoms with Crippen LogP contribution in [0.4, 0.5) is 0 Å². The highest BCUT2D eigenvalue weighted by molar-refractivity contribution is 5.14. The number of hydrogen-bond acceptors (Lipinski definition) is 2. The zero-order valence-electron chi connectivity index (χ0n) is 10.5. The third-order valence-corrected chi connectivity index (χ3v) is 3.54. The number of ether oxygens (including phenoxy) is 1. The zero-order chi connectivity index (χ0) is 11.9. The second-order valence-electron chi connectivity index (χ2n) is 5.10. The highest BCUT2D eigenvalue weighted by atomic mass is 16.5. The largest absolute Gasteiger partial charge is 0.381 e. The number of rotatable bonds is 6. The quantitative estimate of drug-likeness (QED) is 0.820. The van der Waals surface area contributed by atoms with E-state index in [9.17, 15) is 0 Å². The molecule has 1 saturated heterocycles. The second-order valence-corrected chi connectivity index (χ2v) is 5.10. The zero-order valence-corrected chi connectivity index (χ0v) is 10.5. The minimum absolute atomic E-state index is 0.352. The topological polar surface area (TPSA) is 35.2 Å². The molecule has 0 aromatic heterocycles. The van der Waals surface area contributed by atoms with Crippen LogP contribution < -0.4 is 5.73 Å². The van der Waals surface area contributed by atoms with Crippen LogP contribution in [-0.4, -0.2) is 19.3 Å². The molecule has 1 aliphatic rings. The van der Waals surface area contributed by atoms with Crippen molar-refractivity contribution in [2.24, 2.45) is 11.7 Å². The predicted molar refractivity (Wildman–Crippen MR) is 70.9 cm³/mol. The van der Waals surface area contributed by atoms with Crippen molar-refractivity contribution in [3.8, 4) is 0 Å². The summed E-state index contributed by atoms with van der Waals surface area (Å²) in [5, 5.41) is 0. The van der Waals surface area contributed by atoms with E-state index in [1.54, 1.807) is 0 Å². The average molecular weight is 233 g/mol. The lowest BCUT2D eigenvalue weighted by Crippen LogP contribution is -2.24. The third-order valence-electron chi connectivity index (χ3n) is 3.54.